The number of thioether (sulfide) groups is 1. The molecule has 32 heavy (non-hydrogen) atoms. The zero-order valence-electron chi connectivity index (χ0n) is 18.8. The zero-order chi connectivity index (χ0) is 22.8. The Morgan fingerprint density at radius 3 is 2.41 bits per heavy atom. The molecule has 2 atom stereocenters. The van der Waals surface area contributed by atoms with Crippen LogP contribution >= 0.6 is 11.8 Å². The molecule has 1 fully saturated rings. The number of carbonyl (C=O) groups excluding carboxylic acids is 2. The standard InChI is InChI=1S/C24H28N2O5S/c1-15-9-10-25(18-7-5-6-8-21(18)32-15)24(28)16-11-22(27)26(14-16)17-12-19(29-2)23(31-4)20(13-17)30-3/h5-8,12-13,15-16H,9-11,14H2,1-4H3. The highest BCUT2D eigenvalue weighted by molar-refractivity contribution is 8.00. The molecular weight excluding hydrogens is 428 g/mol. The molecular formula is C24H28N2O5S. The molecule has 7 nitrogen and oxygen atoms in total. The van der Waals surface area contributed by atoms with Crippen LogP contribution in [0.1, 0.15) is 19.8 Å². The summed E-state index contributed by atoms with van der Waals surface area (Å²) in [6.45, 7) is 3.15. The van der Waals surface area contributed by atoms with Gasteiger partial charge in [-0.3, -0.25) is 9.59 Å². The first-order valence-corrected chi connectivity index (χ1v) is 11.5. The van der Waals surface area contributed by atoms with E-state index in [-0.39, 0.29) is 18.2 Å². The second-order valence-corrected chi connectivity index (χ2v) is 9.44. The second kappa shape index (κ2) is 9.32. The van der Waals surface area contributed by atoms with E-state index in [1.807, 2.05) is 23.1 Å². The molecule has 2 amide bonds. The van der Waals surface area contributed by atoms with E-state index in [2.05, 4.69) is 13.0 Å². The Morgan fingerprint density at radius 2 is 1.75 bits per heavy atom. The summed E-state index contributed by atoms with van der Waals surface area (Å²) in [5.74, 6) is 0.895. The van der Waals surface area contributed by atoms with Gasteiger partial charge in [-0.2, -0.15) is 0 Å². The lowest BCUT2D eigenvalue weighted by Crippen LogP contribution is -2.38. The van der Waals surface area contributed by atoms with Crippen LogP contribution in [0.4, 0.5) is 11.4 Å². The minimum Gasteiger partial charge on any atom is -0.493 e. The normalized spacial score (nSPS) is 20.6. The van der Waals surface area contributed by atoms with E-state index >= 15 is 0 Å². The number of nitrogens with zero attached hydrogens (tertiary/aromatic N) is 2. The molecule has 2 unspecified atom stereocenters. The maximum Gasteiger partial charge on any atom is 0.232 e. The van der Waals surface area contributed by atoms with Crippen LogP contribution < -0.4 is 24.0 Å². The molecule has 0 saturated carbocycles. The van der Waals surface area contributed by atoms with Gasteiger partial charge >= 0.3 is 0 Å². The number of hydrogen-bond acceptors (Lipinski definition) is 6. The molecule has 0 bridgehead atoms. The predicted octanol–water partition coefficient (Wildman–Crippen LogP) is 3.98. The molecule has 0 aliphatic carbocycles. The SMILES string of the molecule is COc1cc(N2CC(C(=O)N3CCC(C)Sc4ccccc43)CC2=O)cc(OC)c1OC. The molecule has 170 valence electrons. The Balaban J connectivity index is 1.60. The summed E-state index contributed by atoms with van der Waals surface area (Å²) in [6.07, 6.45) is 1.08. The Kier molecular flexibility index (Phi) is 6.50. The summed E-state index contributed by atoms with van der Waals surface area (Å²) < 4.78 is 16.2. The van der Waals surface area contributed by atoms with Gasteiger partial charge in [0.15, 0.2) is 11.5 Å². The molecule has 2 heterocycles. The van der Waals surface area contributed by atoms with Crippen LogP contribution in [0.3, 0.4) is 0 Å². The Labute approximate surface area is 192 Å². The van der Waals surface area contributed by atoms with Crippen molar-refractivity contribution in [1.29, 1.82) is 0 Å². The highest BCUT2D eigenvalue weighted by Crippen LogP contribution is 2.43. The van der Waals surface area contributed by atoms with E-state index in [0.717, 1.165) is 17.0 Å². The summed E-state index contributed by atoms with van der Waals surface area (Å²) in [6, 6.07) is 11.5. The Hall–Kier alpha value is -2.87. The van der Waals surface area contributed by atoms with E-state index in [4.69, 9.17) is 14.2 Å². The monoisotopic (exact) mass is 456 g/mol. The van der Waals surface area contributed by atoms with Crippen molar-refractivity contribution in [2.24, 2.45) is 5.92 Å². The van der Waals surface area contributed by atoms with Crippen molar-refractivity contribution in [3.63, 3.8) is 0 Å². The number of carbonyl (C=O) groups is 2. The fourth-order valence-electron chi connectivity index (χ4n) is 4.28. The first kappa shape index (κ1) is 22.3. The third-order valence-electron chi connectivity index (χ3n) is 5.94. The third-order valence-corrected chi connectivity index (χ3v) is 7.18. The number of anilines is 2. The molecule has 8 heteroatoms. The van der Waals surface area contributed by atoms with Gasteiger partial charge in [-0.05, 0) is 18.6 Å². The van der Waals surface area contributed by atoms with E-state index in [1.54, 1.807) is 28.8 Å². The van der Waals surface area contributed by atoms with Crippen molar-refractivity contribution in [2.45, 2.75) is 29.9 Å². The van der Waals surface area contributed by atoms with Gasteiger partial charge in [-0.25, -0.2) is 0 Å². The quantitative estimate of drug-likeness (QED) is 0.678. The number of para-hydroxylation sites is 1. The van der Waals surface area contributed by atoms with Crippen molar-refractivity contribution in [3.8, 4) is 17.2 Å². The largest absolute Gasteiger partial charge is 0.493 e. The number of rotatable bonds is 5. The minimum atomic E-state index is -0.409. The number of ether oxygens (including phenoxy) is 3. The molecule has 0 N–H and O–H groups in total. The Bertz CT molecular complexity index is 1000. The lowest BCUT2D eigenvalue weighted by atomic mass is 10.1. The molecule has 1 saturated heterocycles. The van der Waals surface area contributed by atoms with Crippen LogP contribution in [0.25, 0.3) is 0 Å². The lowest BCUT2D eigenvalue weighted by molar-refractivity contribution is -0.124. The van der Waals surface area contributed by atoms with Crippen LogP contribution in [0.2, 0.25) is 0 Å². The van der Waals surface area contributed by atoms with E-state index in [9.17, 15) is 9.59 Å². The molecule has 0 aromatic heterocycles. The van der Waals surface area contributed by atoms with Gasteiger partial charge in [-0.1, -0.05) is 19.1 Å². The van der Waals surface area contributed by atoms with E-state index < -0.39 is 5.92 Å². The molecule has 2 aliphatic heterocycles. The summed E-state index contributed by atoms with van der Waals surface area (Å²) in [5.41, 5.74) is 1.56. The lowest BCUT2D eigenvalue weighted by Gasteiger charge is -2.26. The van der Waals surface area contributed by atoms with Gasteiger partial charge in [0.05, 0.1) is 38.6 Å². The topological polar surface area (TPSA) is 68.3 Å². The molecule has 0 spiro atoms. The molecule has 2 aromatic carbocycles. The Morgan fingerprint density at radius 1 is 1.06 bits per heavy atom. The van der Waals surface area contributed by atoms with Gasteiger partial charge in [0.2, 0.25) is 17.6 Å². The molecule has 2 aromatic rings. The zero-order valence-corrected chi connectivity index (χ0v) is 19.6. The summed E-state index contributed by atoms with van der Waals surface area (Å²) in [4.78, 5) is 31.1. The third kappa shape index (κ3) is 4.11. The predicted molar refractivity (Wildman–Crippen MR) is 125 cm³/mol. The van der Waals surface area contributed by atoms with Crippen LogP contribution in [0.15, 0.2) is 41.3 Å². The maximum atomic E-state index is 13.6. The van der Waals surface area contributed by atoms with Crippen molar-refractivity contribution < 1.29 is 23.8 Å². The number of fused-ring (bicyclic) bond motifs is 1. The van der Waals surface area contributed by atoms with Crippen molar-refractivity contribution in [2.75, 3.05) is 44.2 Å². The molecule has 2 aliphatic rings. The number of methoxy groups -OCH3 is 3. The van der Waals surface area contributed by atoms with E-state index in [0.29, 0.717) is 41.3 Å². The van der Waals surface area contributed by atoms with Crippen molar-refractivity contribution in [3.05, 3.63) is 36.4 Å². The summed E-state index contributed by atoms with van der Waals surface area (Å²) in [5, 5.41) is 0.426. The van der Waals surface area contributed by atoms with Crippen molar-refractivity contribution in [1.82, 2.24) is 0 Å². The average molecular weight is 457 g/mol. The smallest absolute Gasteiger partial charge is 0.232 e. The van der Waals surface area contributed by atoms with Crippen LogP contribution in [0.5, 0.6) is 17.2 Å². The first-order valence-electron chi connectivity index (χ1n) is 10.6. The highest BCUT2D eigenvalue weighted by Gasteiger charge is 2.39. The van der Waals surface area contributed by atoms with Gasteiger partial charge in [-0.15, -0.1) is 11.8 Å². The van der Waals surface area contributed by atoms with E-state index in [1.165, 1.54) is 21.3 Å². The molecule has 4 rings (SSSR count). The van der Waals surface area contributed by atoms with Gasteiger partial charge < -0.3 is 24.0 Å². The van der Waals surface area contributed by atoms with Crippen molar-refractivity contribution >= 4 is 35.0 Å². The fourth-order valence-corrected chi connectivity index (χ4v) is 5.39. The van der Waals surface area contributed by atoms with Gasteiger partial charge in [0, 0.05) is 41.8 Å². The maximum absolute atomic E-state index is 13.6. The number of amides is 2. The summed E-state index contributed by atoms with van der Waals surface area (Å²) >= 11 is 1.80. The number of benzene rings is 2. The second-order valence-electron chi connectivity index (χ2n) is 7.96. The first-order chi connectivity index (χ1) is 15.5. The van der Waals surface area contributed by atoms with Crippen LogP contribution in [0, 0.1) is 5.92 Å². The number of hydrogen-bond donors (Lipinski definition) is 0. The van der Waals surface area contributed by atoms with Gasteiger partial charge in [0.25, 0.3) is 0 Å². The van der Waals surface area contributed by atoms with Crippen LogP contribution in [-0.2, 0) is 9.59 Å². The average Bonchev–Trinajstić information content (AvgIpc) is 3.11. The van der Waals surface area contributed by atoms with Crippen LogP contribution in [-0.4, -0.2) is 51.5 Å². The summed E-state index contributed by atoms with van der Waals surface area (Å²) in [7, 11) is 4.61. The fraction of sp³-hybridized carbons (Fsp3) is 0.417. The highest BCUT2D eigenvalue weighted by atomic mass is 32.2. The van der Waals surface area contributed by atoms with Gasteiger partial charge in [0.1, 0.15) is 0 Å². The minimum absolute atomic E-state index is 0.00422. The molecule has 0 radical (unpaired) electrons.